The first-order valence-electron chi connectivity index (χ1n) is 5.26. The van der Waals surface area contributed by atoms with Gasteiger partial charge in [-0.3, -0.25) is 9.11 Å². The van der Waals surface area contributed by atoms with Crippen LogP contribution < -0.4 is 4.57 Å². The summed E-state index contributed by atoms with van der Waals surface area (Å²) in [5.74, 6) is 0. The van der Waals surface area contributed by atoms with Gasteiger partial charge < -0.3 is 0 Å². The zero-order valence-electron chi connectivity index (χ0n) is 10.6. The van der Waals surface area contributed by atoms with Gasteiger partial charge in [-0.1, -0.05) is 13.0 Å². The van der Waals surface area contributed by atoms with Crippen LogP contribution in [0.2, 0.25) is 0 Å². The summed E-state index contributed by atoms with van der Waals surface area (Å²) in [7, 11) is -9.85. The van der Waals surface area contributed by atoms with Crippen LogP contribution in [0.3, 0.4) is 0 Å². The minimum Gasteiger partial charge on any atom is -0.280 e. The van der Waals surface area contributed by atoms with Crippen molar-refractivity contribution >= 4 is 20.2 Å². The Morgan fingerprint density at radius 1 is 1.05 bits per heavy atom. The van der Waals surface area contributed by atoms with E-state index in [0.717, 1.165) is 0 Å². The van der Waals surface area contributed by atoms with Crippen LogP contribution in [0.25, 0.3) is 0 Å². The lowest BCUT2D eigenvalue weighted by Crippen LogP contribution is -2.42. The number of hydrogen-bond acceptors (Lipinski definition) is 4. The Morgan fingerprint density at radius 3 is 1.67 bits per heavy atom. The second-order valence-electron chi connectivity index (χ2n) is 3.62. The molecular weight excluding hydrogens is 339 g/mol. The highest BCUT2D eigenvalue weighted by molar-refractivity contribution is 7.86. The number of hydrogen-bond donors (Lipinski definition) is 2. The van der Waals surface area contributed by atoms with Crippen molar-refractivity contribution < 1.29 is 43.7 Å². The van der Waals surface area contributed by atoms with E-state index in [9.17, 15) is 21.6 Å². The van der Waals surface area contributed by atoms with Crippen LogP contribution in [0, 0.1) is 0 Å². The Bertz CT molecular complexity index is 642. The molecule has 0 aliphatic rings. The molecule has 1 atom stereocenters. The third-order valence-electron chi connectivity index (χ3n) is 2.06. The lowest BCUT2D eigenvalue weighted by molar-refractivity contribution is -0.702. The molecule has 21 heavy (non-hydrogen) atoms. The standard InChI is InChI=1S/C8H11NO3S.CHF3O3S/c1-2-8(13(10,11)12)9-6-4-3-5-7-9;2-1(3,4)8(5,6)7/h3-8H,2H2,1H3;(H,5,6,7)/p+1. The summed E-state index contributed by atoms with van der Waals surface area (Å²) in [5, 5.41) is -0.881. The maximum atomic E-state index is 10.9. The van der Waals surface area contributed by atoms with E-state index in [2.05, 4.69) is 0 Å². The van der Waals surface area contributed by atoms with Gasteiger partial charge in [0.1, 0.15) is 0 Å². The summed E-state index contributed by atoms with van der Waals surface area (Å²) >= 11 is 0. The molecule has 0 radical (unpaired) electrons. The molecule has 122 valence electrons. The van der Waals surface area contributed by atoms with Crippen molar-refractivity contribution in [3.63, 3.8) is 0 Å². The molecule has 12 heteroatoms. The van der Waals surface area contributed by atoms with Crippen molar-refractivity contribution in [1.29, 1.82) is 0 Å². The maximum Gasteiger partial charge on any atom is 0.522 e. The van der Waals surface area contributed by atoms with Crippen LogP contribution in [0.1, 0.15) is 18.7 Å². The van der Waals surface area contributed by atoms with E-state index in [0.29, 0.717) is 6.42 Å². The second-order valence-corrected chi connectivity index (χ2v) is 6.61. The average molecular weight is 352 g/mol. The summed E-state index contributed by atoms with van der Waals surface area (Å²) < 4.78 is 89.7. The van der Waals surface area contributed by atoms with E-state index in [1.807, 2.05) is 0 Å². The highest BCUT2D eigenvalue weighted by Crippen LogP contribution is 2.20. The molecule has 0 aliphatic carbocycles. The van der Waals surface area contributed by atoms with Crippen LogP contribution in [-0.4, -0.2) is 31.4 Å². The molecular formula is C9H13F3NO6S2+. The normalized spacial score (nSPS) is 14.0. The SMILES string of the molecule is CCC([n+]1ccccc1)S(=O)(=O)O.O=S(=O)(O)C(F)(F)F. The molecule has 0 bridgehead atoms. The molecule has 1 aromatic heterocycles. The molecule has 7 nitrogen and oxygen atoms in total. The first kappa shape index (κ1) is 19.8. The Balaban J connectivity index is 0.000000433. The second kappa shape index (κ2) is 7.15. The molecule has 1 aromatic rings. The van der Waals surface area contributed by atoms with Gasteiger partial charge in [0.15, 0.2) is 12.4 Å². The van der Waals surface area contributed by atoms with Crippen LogP contribution >= 0.6 is 0 Å². The number of alkyl halides is 3. The topological polar surface area (TPSA) is 113 Å². The highest BCUT2D eigenvalue weighted by Gasteiger charge is 2.44. The maximum absolute atomic E-state index is 10.9. The molecule has 1 rings (SSSR count). The first-order chi connectivity index (χ1) is 9.30. The summed E-state index contributed by atoms with van der Waals surface area (Å²) in [6.45, 7) is 1.71. The van der Waals surface area contributed by atoms with Crippen LogP contribution in [-0.2, 0) is 20.2 Å². The Labute approximate surface area is 119 Å². The molecule has 0 amide bonds. The third-order valence-corrected chi connectivity index (χ3v) is 3.91. The molecule has 0 aliphatic heterocycles. The van der Waals surface area contributed by atoms with Gasteiger partial charge in [0, 0.05) is 18.6 Å². The summed E-state index contributed by atoms with van der Waals surface area (Å²) in [5.41, 5.74) is -5.53. The molecule has 0 spiro atoms. The number of aromatic nitrogens is 1. The van der Waals surface area contributed by atoms with Gasteiger partial charge in [0.05, 0.1) is 0 Å². The molecule has 2 N–H and O–H groups in total. The lowest BCUT2D eigenvalue weighted by atomic mass is 10.4. The minimum atomic E-state index is -5.84. The zero-order chi connectivity index (χ0) is 16.9. The van der Waals surface area contributed by atoms with E-state index in [1.165, 1.54) is 4.57 Å². The number of pyridine rings is 1. The molecule has 0 saturated carbocycles. The molecule has 1 unspecified atom stereocenters. The molecule has 0 aromatic carbocycles. The van der Waals surface area contributed by atoms with E-state index in [1.54, 1.807) is 37.5 Å². The predicted molar refractivity (Wildman–Crippen MR) is 65.1 cm³/mol. The predicted octanol–water partition coefficient (Wildman–Crippen LogP) is 1.16. The Morgan fingerprint density at radius 2 is 1.43 bits per heavy atom. The van der Waals surface area contributed by atoms with Gasteiger partial charge in [-0.15, -0.1) is 0 Å². The smallest absolute Gasteiger partial charge is 0.280 e. The largest absolute Gasteiger partial charge is 0.522 e. The average Bonchev–Trinajstić information content (AvgIpc) is 2.27. The van der Waals surface area contributed by atoms with Crippen LogP contribution in [0.4, 0.5) is 13.2 Å². The van der Waals surface area contributed by atoms with E-state index < -0.39 is 31.1 Å². The fourth-order valence-electron chi connectivity index (χ4n) is 1.18. The van der Waals surface area contributed by atoms with Crippen molar-refractivity contribution in [2.75, 3.05) is 0 Å². The fourth-order valence-corrected chi connectivity index (χ4v) is 2.05. The lowest BCUT2D eigenvalue weighted by Gasteiger charge is -2.05. The highest BCUT2D eigenvalue weighted by atomic mass is 32.2. The summed E-state index contributed by atoms with van der Waals surface area (Å²) in [4.78, 5) is 0. The minimum absolute atomic E-state index is 0.341. The number of nitrogens with zero attached hydrogens (tertiary/aromatic N) is 1. The molecule has 0 saturated heterocycles. The molecule has 0 fully saturated rings. The van der Waals surface area contributed by atoms with Gasteiger partial charge in [-0.2, -0.15) is 34.6 Å². The van der Waals surface area contributed by atoms with Crippen LogP contribution in [0.15, 0.2) is 30.6 Å². The van der Waals surface area contributed by atoms with Gasteiger partial charge in [-0.25, -0.2) is 0 Å². The van der Waals surface area contributed by atoms with E-state index in [4.69, 9.17) is 17.5 Å². The fraction of sp³-hybridized carbons (Fsp3) is 0.444. The van der Waals surface area contributed by atoms with Gasteiger partial charge in [0.25, 0.3) is 5.37 Å². The summed E-state index contributed by atoms with van der Waals surface area (Å²) in [6, 6.07) is 5.22. The first-order valence-corrected chi connectivity index (χ1v) is 8.21. The Kier molecular flexibility index (Phi) is 6.73. The third kappa shape index (κ3) is 6.84. The zero-order valence-corrected chi connectivity index (χ0v) is 12.2. The number of rotatable bonds is 3. The van der Waals surface area contributed by atoms with Crippen molar-refractivity contribution in [1.82, 2.24) is 0 Å². The Hall–Kier alpha value is -1.24. The van der Waals surface area contributed by atoms with Crippen LogP contribution in [0.5, 0.6) is 0 Å². The van der Waals surface area contributed by atoms with Gasteiger partial charge >= 0.3 is 25.7 Å². The quantitative estimate of drug-likeness (QED) is 0.480. The van der Waals surface area contributed by atoms with Crippen molar-refractivity contribution in [2.24, 2.45) is 0 Å². The molecule has 1 heterocycles. The van der Waals surface area contributed by atoms with Crippen molar-refractivity contribution in [2.45, 2.75) is 24.2 Å². The van der Waals surface area contributed by atoms with E-state index in [-0.39, 0.29) is 0 Å². The summed E-state index contributed by atoms with van der Waals surface area (Å²) in [6.07, 6.45) is 3.57. The van der Waals surface area contributed by atoms with Crippen molar-refractivity contribution in [3.8, 4) is 0 Å². The monoisotopic (exact) mass is 352 g/mol. The van der Waals surface area contributed by atoms with Gasteiger partial charge in [-0.05, 0) is 0 Å². The van der Waals surface area contributed by atoms with Crippen molar-refractivity contribution in [3.05, 3.63) is 30.6 Å². The van der Waals surface area contributed by atoms with Gasteiger partial charge in [0.2, 0.25) is 0 Å². The van der Waals surface area contributed by atoms with E-state index >= 15 is 0 Å². The number of halogens is 3.